The number of aromatic hydroxyl groups is 3. The van der Waals surface area contributed by atoms with Crippen molar-refractivity contribution in [1.82, 2.24) is 0 Å². The van der Waals surface area contributed by atoms with E-state index in [-0.39, 0.29) is 5.56 Å². The fourth-order valence-electron chi connectivity index (χ4n) is 4.15. The predicted octanol–water partition coefficient (Wildman–Crippen LogP) is 3.03. The Kier molecular flexibility index (Phi) is 3.46. The monoisotopic (exact) mass is 306 g/mol. The van der Waals surface area contributed by atoms with Gasteiger partial charge >= 0.3 is 5.97 Å². The van der Waals surface area contributed by atoms with E-state index in [4.69, 9.17) is 4.74 Å². The fraction of sp³-hybridized carbons (Fsp3) is 0.588. The van der Waals surface area contributed by atoms with Crippen LogP contribution in [0.2, 0.25) is 0 Å². The zero-order valence-corrected chi connectivity index (χ0v) is 12.9. The van der Waals surface area contributed by atoms with Gasteiger partial charge in [-0.3, -0.25) is 0 Å². The number of phenolic OH excluding ortho intramolecular Hbond substituents is 3. The van der Waals surface area contributed by atoms with Gasteiger partial charge in [0.2, 0.25) is 0 Å². The largest absolute Gasteiger partial charge is 0.504 e. The summed E-state index contributed by atoms with van der Waals surface area (Å²) in [5, 5.41) is 28.2. The van der Waals surface area contributed by atoms with Gasteiger partial charge in [-0.2, -0.15) is 0 Å². The molecule has 2 bridgehead atoms. The molecular formula is C17H22O5. The van der Waals surface area contributed by atoms with E-state index in [1.165, 1.54) is 12.8 Å². The number of fused-ring (bicyclic) bond motifs is 2. The summed E-state index contributed by atoms with van der Waals surface area (Å²) in [6.07, 6.45) is 3.49. The van der Waals surface area contributed by atoms with Crippen molar-refractivity contribution in [3.05, 3.63) is 17.7 Å². The summed E-state index contributed by atoms with van der Waals surface area (Å²) in [6.45, 7) is 4.94. The quantitative estimate of drug-likeness (QED) is 0.590. The van der Waals surface area contributed by atoms with Gasteiger partial charge in [0.1, 0.15) is 0 Å². The average Bonchev–Trinajstić information content (AvgIpc) is 2.49. The molecule has 3 fully saturated rings. The van der Waals surface area contributed by atoms with Crippen LogP contribution in [0.4, 0.5) is 0 Å². The van der Waals surface area contributed by atoms with Gasteiger partial charge < -0.3 is 20.1 Å². The minimum Gasteiger partial charge on any atom is -0.504 e. The lowest BCUT2D eigenvalue weighted by atomic mass is 9.46. The van der Waals surface area contributed by atoms with Crippen LogP contribution in [-0.4, -0.2) is 27.9 Å². The van der Waals surface area contributed by atoms with Gasteiger partial charge in [0.15, 0.2) is 17.2 Å². The summed E-state index contributed by atoms with van der Waals surface area (Å²) in [4.78, 5) is 12.1. The van der Waals surface area contributed by atoms with E-state index >= 15 is 0 Å². The number of carbonyl (C=O) groups excluding carboxylic acids is 1. The summed E-state index contributed by atoms with van der Waals surface area (Å²) in [5.74, 6) is -0.518. The predicted molar refractivity (Wildman–Crippen MR) is 79.8 cm³/mol. The van der Waals surface area contributed by atoms with Crippen molar-refractivity contribution in [3.63, 3.8) is 0 Å². The smallest absolute Gasteiger partial charge is 0.338 e. The van der Waals surface area contributed by atoms with Crippen LogP contribution < -0.4 is 0 Å². The Bertz CT molecular complexity index is 582. The first kappa shape index (κ1) is 15.0. The van der Waals surface area contributed by atoms with E-state index in [1.54, 1.807) is 0 Å². The van der Waals surface area contributed by atoms with Crippen molar-refractivity contribution >= 4 is 5.97 Å². The molecule has 0 aromatic heterocycles. The van der Waals surface area contributed by atoms with Crippen molar-refractivity contribution in [1.29, 1.82) is 0 Å². The van der Waals surface area contributed by atoms with Crippen LogP contribution >= 0.6 is 0 Å². The maximum absolute atomic E-state index is 12.1. The summed E-state index contributed by atoms with van der Waals surface area (Å²) < 4.78 is 5.36. The molecule has 0 spiro atoms. The molecule has 0 radical (unpaired) electrons. The van der Waals surface area contributed by atoms with Crippen LogP contribution in [-0.2, 0) is 4.74 Å². The molecule has 5 heteroatoms. The fourth-order valence-corrected chi connectivity index (χ4v) is 4.15. The Hall–Kier alpha value is -1.91. The van der Waals surface area contributed by atoms with E-state index in [2.05, 4.69) is 13.8 Å². The lowest BCUT2D eigenvalue weighted by Gasteiger charge is -2.60. The Labute approximate surface area is 129 Å². The van der Waals surface area contributed by atoms with Gasteiger partial charge in [-0.15, -0.1) is 0 Å². The number of carbonyl (C=O) groups is 1. The van der Waals surface area contributed by atoms with E-state index in [1.807, 2.05) is 0 Å². The summed E-state index contributed by atoms with van der Waals surface area (Å²) in [5.41, 5.74) is 0.374. The zero-order chi connectivity index (χ0) is 16.1. The molecular weight excluding hydrogens is 284 g/mol. The van der Waals surface area contributed by atoms with E-state index < -0.39 is 23.2 Å². The van der Waals surface area contributed by atoms with Crippen molar-refractivity contribution in [3.8, 4) is 17.2 Å². The van der Waals surface area contributed by atoms with Gasteiger partial charge in [-0.1, -0.05) is 13.8 Å². The first-order valence-corrected chi connectivity index (χ1v) is 7.72. The van der Waals surface area contributed by atoms with Crippen molar-refractivity contribution in [2.75, 3.05) is 6.61 Å². The summed E-state index contributed by atoms with van der Waals surface area (Å²) in [6, 6.07) is 2.20. The third-order valence-corrected chi connectivity index (χ3v) is 5.74. The third-order valence-electron chi connectivity index (χ3n) is 5.74. The van der Waals surface area contributed by atoms with E-state index in [0.717, 1.165) is 24.5 Å². The normalized spacial score (nSPS) is 28.7. The second kappa shape index (κ2) is 5.07. The van der Waals surface area contributed by atoms with Gasteiger partial charge in [0, 0.05) is 0 Å². The number of rotatable bonds is 3. The standard InChI is InChI=1S/C17H22O5/c1-17(2)11-4-3-9(12(17)7-11)8-22-16(21)10-5-13(18)15(20)14(19)6-10/h5-6,9,11-12,18-20H,3-4,7-8H2,1-2H3/t9?,11-,12+/m0/s1. The topological polar surface area (TPSA) is 87.0 Å². The molecule has 3 atom stereocenters. The number of hydrogen-bond donors (Lipinski definition) is 3. The molecule has 22 heavy (non-hydrogen) atoms. The number of phenols is 3. The molecule has 4 rings (SSSR count). The molecule has 3 saturated carbocycles. The SMILES string of the molecule is CC1(C)[C@H]2CCC(COC(=O)c3cc(O)c(O)c(O)c3)[C@H]1C2. The second-order valence-electron chi connectivity index (χ2n) is 7.16. The van der Waals surface area contributed by atoms with Gasteiger partial charge in [-0.25, -0.2) is 4.79 Å². The molecule has 0 heterocycles. The third kappa shape index (κ3) is 2.28. The minimum absolute atomic E-state index is 0.0364. The molecule has 120 valence electrons. The Morgan fingerprint density at radius 1 is 1.23 bits per heavy atom. The first-order chi connectivity index (χ1) is 10.3. The molecule has 1 aromatic rings. The Morgan fingerprint density at radius 3 is 2.41 bits per heavy atom. The zero-order valence-electron chi connectivity index (χ0n) is 12.9. The minimum atomic E-state index is -0.633. The van der Waals surface area contributed by atoms with E-state index in [9.17, 15) is 20.1 Å². The maximum atomic E-state index is 12.1. The van der Waals surface area contributed by atoms with Crippen LogP contribution in [0, 0.1) is 23.2 Å². The van der Waals surface area contributed by atoms with Crippen molar-refractivity contribution < 1.29 is 24.9 Å². The highest BCUT2D eigenvalue weighted by Crippen LogP contribution is 2.61. The van der Waals surface area contributed by atoms with Gasteiger partial charge in [0.25, 0.3) is 0 Å². The van der Waals surface area contributed by atoms with Gasteiger partial charge in [0.05, 0.1) is 12.2 Å². The summed E-state index contributed by atoms with van der Waals surface area (Å²) >= 11 is 0. The van der Waals surface area contributed by atoms with Crippen molar-refractivity contribution in [2.45, 2.75) is 33.1 Å². The molecule has 0 amide bonds. The molecule has 3 aliphatic rings. The number of hydrogen-bond acceptors (Lipinski definition) is 5. The number of esters is 1. The molecule has 0 saturated heterocycles. The van der Waals surface area contributed by atoms with Crippen LogP contribution in [0.15, 0.2) is 12.1 Å². The molecule has 0 aliphatic heterocycles. The number of ether oxygens (including phenoxy) is 1. The summed E-state index contributed by atoms with van der Waals surface area (Å²) in [7, 11) is 0. The lowest BCUT2D eigenvalue weighted by molar-refractivity contribution is -0.118. The van der Waals surface area contributed by atoms with E-state index in [0.29, 0.717) is 23.9 Å². The molecule has 1 aromatic carbocycles. The highest BCUT2D eigenvalue weighted by Gasteiger charge is 2.54. The Morgan fingerprint density at radius 2 is 1.86 bits per heavy atom. The van der Waals surface area contributed by atoms with Gasteiger partial charge in [-0.05, 0) is 54.6 Å². The lowest BCUT2D eigenvalue weighted by Crippen LogP contribution is -2.53. The molecule has 3 N–H and O–H groups in total. The molecule has 5 nitrogen and oxygen atoms in total. The van der Waals surface area contributed by atoms with Crippen LogP contribution in [0.1, 0.15) is 43.5 Å². The van der Waals surface area contributed by atoms with Crippen LogP contribution in [0.5, 0.6) is 17.2 Å². The average molecular weight is 306 g/mol. The molecule has 1 unspecified atom stereocenters. The molecule has 3 aliphatic carbocycles. The maximum Gasteiger partial charge on any atom is 0.338 e. The Balaban J connectivity index is 1.63. The van der Waals surface area contributed by atoms with Crippen LogP contribution in [0.25, 0.3) is 0 Å². The highest BCUT2D eigenvalue weighted by molar-refractivity contribution is 5.91. The first-order valence-electron chi connectivity index (χ1n) is 7.72. The van der Waals surface area contributed by atoms with Crippen LogP contribution in [0.3, 0.4) is 0 Å². The second-order valence-corrected chi connectivity index (χ2v) is 7.16. The number of benzene rings is 1. The highest BCUT2D eigenvalue weighted by atomic mass is 16.5. The van der Waals surface area contributed by atoms with Crippen molar-refractivity contribution in [2.24, 2.45) is 23.2 Å².